The van der Waals surface area contributed by atoms with Crippen molar-refractivity contribution in [1.29, 1.82) is 0 Å². The number of rotatable bonds is 4. The number of halogens is 4. The second kappa shape index (κ2) is 5.51. The molecular formula is C13H15F4N3O. The molecule has 8 heteroatoms. The summed E-state index contributed by atoms with van der Waals surface area (Å²) in [4.78, 5) is 3.82. The minimum Gasteiger partial charge on any atom is -0.399 e. The van der Waals surface area contributed by atoms with Crippen LogP contribution in [0.4, 0.5) is 23.2 Å². The van der Waals surface area contributed by atoms with Gasteiger partial charge in [-0.05, 0) is 18.2 Å². The van der Waals surface area contributed by atoms with Gasteiger partial charge in [0.2, 0.25) is 0 Å². The quantitative estimate of drug-likeness (QED) is 0.656. The summed E-state index contributed by atoms with van der Waals surface area (Å²) in [6.07, 6.45) is 0. The van der Waals surface area contributed by atoms with Crippen molar-refractivity contribution in [2.75, 3.05) is 32.4 Å². The summed E-state index contributed by atoms with van der Waals surface area (Å²) in [6.45, 7) is -4.19. The number of amidine groups is 1. The Hall–Kier alpha value is -1.83. The van der Waals surface area contributed by atoms with Crippen molar-refractivity contribution in [3.05, 3.63) is 29.6 Å². The molecule has 0 spiro atoms. The van der Waals surface area contributed by atoms with E-state index in [-0.39, 0.29) is 11.3 Å². The lowest BCUT2D eigenvalue weighted by atomic mass is 9.89. The molecule has 1 atom stereocenters. The van der Waals surface area contributed by atoms with Gasteiger partial charge in [0.25, 0.3) is 0 Å². The summed E-state index contributed by atoms with van der Waals surface area (Å²) in [5.74, 6) is -1.30. The highest BCUT2D eigenvalue weighted by Crippen LogP contribution is 2.36. The predicted molar refractivity (Wildman–Crippen MR) is 70.7 cm³/mol. The highest BCUT2D eigenvalue weighted by Gasteiger charge is 2.48. The number of benzene rings is 1. The van der Waals surface area contributed by atoms with Gasteiger partial charge in [-0.2, -0.15) is 0 Å². The van der Waals surface area contributed by atoms with Crippen molar-refractivity contribution in [1.82, 2.24) is 0 Å². The molecule has 4 N–H and O–H groups in total. The molecule has 1 aromatic rings. The number of anilines is 1. The Morgan fingerprint density at radius 3 is 2.33 bits per heavy atom. The number of aliphatic imine (C=N–C) groups is 1. The van der Waals surface area contributed by atoms with Crippen LogP contribution in [0.3, 0.4) is 0 Å². The Labute approximate surface area is 118 Å². The smallest absolute Gasteiger partial charge is 0.181 e. The molecule has 21 heavy (non-hydrogen) atoms. The van der Waals surface area contributed by atoms with E-state index in [0.29, 0.717) is 0 Å². The summed E-state index contributed by atoms with van der Waals surface area (Å²) in [6, 6.07) is 3.56. The highest BCUT2D eigenvalue weighted by atomic mass is 19.1. The fraction of sp³-hybridized carbons (Fsp3) is 0.462. The zero-order valence-electron chi connectivity index (χ0n) is 11.1. The van der Waals surface area contributed by atoms with E-state index in [1.54, 1.807) is 0 Å². The first-order valence-electron chi connectivity index (χ1n) is 6.16. The minimum absolute atomic E-state index is 0.167. The molecule has 116 valence electrons. The maximum absolute atomic E-state index is 13.9. The third-order valence-corrected chi connectivity index (χ3v) is 3.53. The molecule has 1 aromatic carbocycles. The number of hydrogen-bond donors (Lipinski definition) is 2. The highest BCUT2D eigenvalue weighted by molar-refractivity contribution is 5.90. The van der Waals surface area contributed by atoms with Crippen LogP contribution in [0.1, 0.15) is 5.56 Å². The molecule has 0 radical (unpaired) electrons. The molecule has 0 saturated carbocycles. The fourth-order valence-electron chi connectivity index (χ4n) is 2.12. The molecule has 1 aliphatic heterocycles. The predicted octanol–water partition coefficient (Wildman–Crippen LogP) is 1.64. The van der Waals surface area contributed by atoms with E-state index in [1.807, 2.05) is 0 Å². The van der Waals surface area contributed by atoms with Gasteiger partial charge in [0.1, 0.15) is 37.2 Å². The Kier molecular flexibility index (Phi) is 4.08. The number of nitrogens with two attached hydrogens (primary N) is 2. The monoisotopic (exact) mass is 305 g/mol. The molecule has 2 rings (SSSR count). The average Bonchev–Trinajstić information content (AvgIpc) is 2.50. The summed E-state index contributed by atoms with van der Waals surface area (Å²) < 4.78 is 58.5. The average molecular weight is 305 g/mol. The molecule has 0 aliphatic carbocycles. The van der Waals surface area contributed by atoms with Crippen molar-refractivity contribution < 1.29 is 22.3 Å². The first kappa shape index (κ1) is 15.6. The van der Waals surface area contributed by atoms with Crippen molar-refractivity contribution in [3.63, 3.8) is 0 Å². The molecule has 1 aliphatic rings. The zero-order valence-corrected chi connectivity index (χ0v) is 11.1. The summed E-state index contributed by atoms with van der Waals surface area (Å²) in [7, 11) is 0. The van der Waals surface area contributed by atoms with E-state index in [4.69, 9.17) is 16.2 Å². The number of ether oxygens (including phenoxy) is 1. The van der Waals surface area contributed by atoms with E-state index < -0.39 is 49.4 Å². The van der Waals surface area contributed by atoms with Crippen molar-refractivity contribution in [2.24, 2.45) is 10.7 Å². The molecule has 0 bridgehead atoms. The lowest BCUT2D eigenvalue weighted by molar-refractivity contribution is -0.0644. The molecule has 1 heterocycles. The van der Waals surface area contributed by atoms with Crippen LogP contribution >= 0.6 is 0 Å². The third-order valence-electron chi connectivity index (χ3n) is 3.53. The van der Waals surface area contributed by atoms with Crippen LogP contribution in [0.25, 0.3) is 0 Å². The summed E-state index contributed by atoms with van der Waals surface area (Å²) >= 11 is 0. The number of alkyl halides is 3. The normalized spacial score (nSPS) is 24.7. The van der Waals surface area contributed by atoms with Gasteiger partial charge in [0, 0.05) is 11.3 Å². The first-order chi connectivity index (χ1) is 9.93. The standard InChI is InChI=1S/C13H15F4N3O/c14-4-12(9-3-8(18)1-2-10(9)17)7-21-13(5-15,6-16)11(19)20-12/h1-3H,4-7,18H2,(H2,19,20). The molecule has 0 fully saturated rings. The molecule has 1 unspecified atom stereocenters. The topological polar surface area (TPSA) is 73.6 Å². The van der Waals surface area contributed by atoms with Gasteiger partial charge in [-0.25, -0.2) is 17.6 Å². The van der Waals surface area contributed by atoms with Crippen LogP contribution in [0.5, 0.6) is 0 Å². The maximum Gasteiger partial charge on any atom is 0.181 e. The number of hydrogen-bond acceptors (Lipinski definition) is 4. The maximum atomic E-state index is 13.9. The summed E-state index contributed by atoms with van der Waals surface area (Å²) in [5.41, 5.74) is 7.30. The van der Waals surface area contributed by atoms with Gasteiger partial charge in [0.15, 0.2) is 5.60 Å². The number of nitrogen functional groups attached to an aromatic ring is 1. The molecule has 0 aromatic heterocycles. The second-order valence-electron chi connectivity index (χ2n) is 4.95. The van der Waals surface area contributed by atoms with Crippen LogP contribution in [-0.4, -0.2) is 38.1 Å². The van der Waals surface area contributed by atoms with Gasteiger partial charge >= 0.3 is 0 Å². The number of nitrogens with zero attached hydrogens (tertiary/aromatic N) is 1. The van der Waals surface area contributed by atoms with Crippen molar-refractivity contribution >= 4 is 11.5 Å². The zero-order chi connectivity index (χ0) is 15.7. The van der Waals surface area contributed by atoms with Crippen LogP contribution in [0, 0.1) is 5.82 Å². The fourth-order valence-corrected chi connectivity index (χ4v) is 2.12. The van der Waals surface area contributed by atoms with Crippen LogP contribution in [0.15, 0.2) is 23.2 Å². The lowest BCUT2D eigenvalue weighted by Crippen LogP contribution is -2.58. The lowest BCUT2D eigenvalue weighted by Gasteiger charge is -2.39. The Balaban J connectivity index is 2.54. The Morgan fingerprint density at radius 2 is 1.81 bits per heavy atom. The van der Waals surface area contributed by atoms with Crippen molar-refractivity contribution in [3.8, 4) is 0 Å². The van der Waals surface area contributed by atoms with Gasteiger partial charge < -0.3 is 16.2 Å². The van der Waals surface area contributed by atoms with Gasteiger partial charge in [-0.15, -0.1) is 0 Å². The molecule has 4 nitrogen and oxygen atoms in total. The molecular weight excluding hydrogens is 290 g/mol. The van der Waals surface area contributed by atoms with Crippen LogP contribution in [0.2, 0.25) is 0 Å². The van der Waals surface area contributed by atoms with E-state index in [1.165, 1.54) is 12.1 Å². The van der Waals surface area contributed by atoms with Gasteiger partial charge in [0.05, 0.1) is 6.61 Å². The second-order valence-corrected chi connectivity index (χ2v) is 4.95. The van der Waals surface area contributed by atoms with E-state index in [9.17, 15) is 17.6 Å². The van der Waals surface area contributed by atoms with E-state index >= 15 is 0 Å². The van der Waals surface area contributed by atoms with Crippen LogP contribution in [-0.2, 0) is 10.3 Å². The van der Waals surface area contributed by atoms with Gasteiger partial charge in [-0.3, -0.25) is 4.99 Å². The first-order valence-corrected chi connectivity index (χ1v) is 6.16. The van der Waals surface area contributed by atoms with Gasteiger partial charge in [-0.1, -0.05) is 0 Å². The van der Waals surface area contributed by atoms with E-state index in [0.717, 1.165) is 6.07 Å². The Bertz CT molecular complexity index is 562. The third kappa shape index (κ3) is 2.44. The van der Waals surface area contributed by atoms with Crippen molar-refractivity contribution in [2.45, 2.75) is 11.1 Å². The van der Waals surface area contributed by atoms with Crippen LogP contribution < -0.4 is 11.5 Å². The SMILES string of the molecule is NC1=NC(CF)(c2cc(N)ccc2F)COC1(CF)CF. The minimum atomic E-state index is -2.03. The van der Waals surface area contributed by atoms with E-state index in [2.05, 4.69) is 4.99 Å². The molecule has 0 saturated heterocycles. The summed E-state index contributed by atoms with van der Waals surface area (Å²) in [5, 5.41) is 0. The molecule has 0 amide bonds. The largest absolute Gasteiger partial charge is 0.399 e. The Morgan fingerprint density at radius 1 is 1.14 bits per heavy atom.